The number of nitrogens with two attached hydrogens (primary N) is 3. The van der Waals surface area contributed by atoms with Crippen LogP contribution in [0.4, 0.5) is 0 Å². The standard InChI is InChI=1S/C19H34N6O8S/c20-8-2-1-3-11(17(30)24-12(19(32)33)5-7-15(27)28)23-18(31)13(9-34)25-16(29)10(21)4-6-14(22)26/h10-13,34H,1-9,20-21H2,(H2,22,26)(H,23,31)(H,24,30)(H,25,29)(H,27,28)(H,32,33). The van der Waals surface area contributed by atoms with Crippen molar-refractivity contribution >= 4 is 48.2 Å². The van der Waals surface area contributed by atoms with Crippen LogP contribution in [0.3, 0.4) is 0 Å². The lowest BCUT2D eigenvalue weighted by Gasteiger charge is -2.24. The Morgan fingerprint density at radius 2 is 1.32 bits per heavy atom. The maximum atomic E-state index is 12.7. The molecule has 0 aliphatic carbocycles. The number of hydrogen-bond donors (Lipinski definition) is 9. The van der Waals surface area contributed by atoms with E-state index < -0.39 is 66.2 Å². The van der Waals surface area contributed by atoms with E-state index in [1.54, 1.807) is 0 Å². The summed E-state index contributed by atoms with van der Waals surface area (Å²) in [7, 11) is 0. The van der Waals surface area contributed by atoms with Gasteiger partial charge in [0, 0.05) is 18.6 Å². The molecule has 0 rings (SSSR count). The number of thiol groups is 1. The number of unbranched alkanes of at least 4 members (excludes halogenated alkanes) is 1. The van der Waals surface area contributed by atoms with Crippen LogP contribution in [0.25, 0.3) is 0 Å². The van der Waals surface area contributed by atoms with Crippen molar-refractivity contribution in [3.8, 4) is 0 Å². The summed E-state index contributed by atoms with van der Waals surface area (Å²) in [5, 5.41) is 25.1. The first-order valence-corrected chi connectivity index (χ1v) is 11.3. The highest BCUT2D eigenvalue weighted by Crippen LogP contribution is 2.05. The van der Waals surface area contributed by atoms with Crippen LogP contribution in [-0.4, -0.2) is 82.2 Å². The number of carboxylic acid groups (broad SMARTS) is 2. The zero-order valence-corrected chi connectivity index (χ0v) is 19.6. The number of nitrogens with one attached hydrogen (secondary N) is 3. The van der Waals surface area contributed by atoms with Crippen molar-refractivity contribution in [3.63, 3.8) is 0 Å². The molecule has 0 aliphatic heterocycles. The molecule has 0 heterocycles. The van der Waals surface area contributed by atoms with Gasteiger partial charge in [0.1, 0.15) is 18.1 Å². The van der Waals surface area contributed by atoms with Gasteiger partial charge in [-0.05, 0) is 38.6 Å². The Bertz CT molecular complexity index is 738. The minimum Gasteiger partial charge on any atom is -0.481 e. The van der Waals surface area contributed by atoms with Crippen molar-refractivity contribution in [3.05, 3.63) is 0 Å². The van der Waals surface area contributed by atoms with Gasteiger partial charge in [0.25, 0.3) is 0 Å². The molecule has 0 aromatic carbocycles. The normalized spacial score (nSPS) is 14.2. The number of hydrogen-bond acceptors (Lipinski definition) is 9. The molecule has 0 aromatic rings. The van der Waals surface area contributed by atoms with Crippen LogP contribution < -0.4 is 33.2 Å². The highest BCUT2D eigenvalue weighted by atomic mass is 32.1. The zero-order chi connectivity index (χ0) is 26.3. The molecule has 0 spiro atoms. The van der Waals surface area contributed by atoms with Crippen LogP contribution in [0.2, 0.25) is 0 Å². The number of rotatable bonds is 18. The quantitative estimate of drug-likeness (QED) is 0.0674. The molecule has 15 heteroatoms. The first-order chi connectivity index (χ1) is 15.9. The molecule has 11 N–H and O–H groups in total. The molecule has 34 heavy (non-hydrogen) atoms. The summed E-state index contributed by atoms with van der Waals surface area (Å²) < 4.78 is 0. The molecular weight excluding hydrogens is 472 g/mol. The summed E-state index contributed by atoms with van der Waals surface area (Å²) in [5.74, 6) is -5.75. The third kappa shape index (κ3) is 13.0. The van der Waals surface area contributed by atoms with Crippen molar-refractivity contribution < 1.29 is 39.0 Å². The third-order valence-electron chi connectivity index (χ3n) is 4.70. The predicted molar refractivity (Wildman–Crippen MR) is 123 cm³/mol. The van der Waals surface area contributed by atoms with Gasteiger partial charge in [0.05, 0.1) is 6.04 Å². The highest BCUT2D eigenvalue weighted by Gasteiger charge is 2.30. The molecule has 4 unspecified atom stereocenters. The summed E-state index contributed by atoms with van der Waals surface area (Å²) in [6, 6.07) is -4.92. The van der Waals surface area contributed by atoms with Gasteiger partial charge in [0.15, 0.2) is 0 Å². The van der Waals surface area contributed by atoms with Gasteiger partial charge >= 0.3 is 11.9 Å². The van der Waals surface area contributed by atoms with Crippen LogP contribution in [-0.2, 0) is 28.8 Å². The molecule has 4 amide bonds. The number of primary amides is 1. The molecule has 14 nitrogen and oxygen atoms in total. The summed E-state index contributed by atoms with van der Waals surface area (Å²) >= 11 is 4.03. The van der Waals surface area contributed by atoms with Gasteiger partial charge in [0.2, 0.25) is 23.6 Å². The minimum atomic E-state index is -1.47. The average Bonchev–Trinajstić information content (AvgIpc) is 2.76. The lowest BCUT2D eigenvalue weighted by Crippen LogP contribution is -2.57. The smallest absolute Gasteiger partial charge is 0.326 e. The monoisotopic (exact) mass is 506 g/mol. The fourth-order valence-electron chi connectivity index (χ4n) is 2.73. The summed E-state index contributed by atoms with van der Waals surface area (Å²) in [4.78, 5) is 70.5. The Morgan fingerprint density at radius 1 is 0.765 bits per heavy atom. The first-order valence-electron chi connectivity index (χ1n) is 10.6. The molecule has 0 saturated carbocycles. The zero-order valence-electron chi connectivity index (χ0n) is 18.7. The number of amides is 4. The first kappa shape index (κ1) is 31.1. The van der Waals surface area contributed by atoms with E-state index >= 15 is 0 Å². The van der Waals surface area contributed by atoms with Gasteiger partial charge in [-0.2, -0.15) is 12.6 Å². The third-order valence-corrected chi connectivity index (χ3v) is 5.06. The SMILES string of the molecule is NCCCCC(NC(=O)C(CS)NC(=O)C(N)CCC(N)=O)C(=O)NC(CCC(=O)O)C(=O)O. The van der Waals surface area contributed by atoms with Crippen LogP contribution in [0, 0.1) is 0 Å². The topological polar surface area (TPSA) is 257 Å². The molecule has 0 aliphatic rings. The number of carbonyl (C=O) groups excluding carboxylic acids is 4. The molecule has 0 aromatic heterocycles. The van der Waals surface area contributed by atoms with E-state index in [0.717, 1.165) is 0 Å². The van der Waals surface area contributed by atoms with Gasteiger partial charge in [-0.3, -0.25) is 24.0 Å². The fraction of sp³-hybridized carbons (Fsp3) is 0.684. The Morgan fingerprint density at radius 3 is 1.82 bits per heavy atom. The molecule has 0 radical (unpaired) electrons. The largest absolute Gasteiger partial charge is 0.481 e. The van der Waals surface area contributed by atoms with Gasteiger partial charge < -0.3 is 43.4 Å². The van der Waals surface area contributed by atoms with Crippen molar-refractivity contribution in [2.45, 2.75) is 69.1 Å². The van der Waals surface area contributed by atoms with Crippen LogP contribution in [0.15, 0.2) is 0 Å². The molecule has 194 valence electrons. The number of carboxylic acids is 2. The lowest BCUT2D eigenvalue weighted by atomic mass is 10.1. The minimum absolute atomic E-state index is 0.0287. The van der Waals surface area contributed by atoms with E-state index in [9.17, 15) is 33.9 Å². The molecular formula is C19H34N6O8S. The summed E-state index contributed by atoms with van der Waals surface area (Å²) in [6.07, 6.45) is 0.0938. The van der Waals surface area contributed by atoms with Crippen molar-refractivity contribution in [1.29, 1.82) is 0 Å². The van der Waals surface area contributed by atoms with Crippen molar-refractivity contribution in [1.82, 2.24) is 16.0 Å². The van der Waals surface area contributed by atoms with E-state index in [4.69, 9.17) is 22.3 Å². The Hall–Kier alpha value is -2.91. The van der Waals surface area contributed by atoms with Gasteiger partial charge in [-0.15, -0.1) is 0 Å². The Kier molecular flexibility index (Phi) is 15.2. The number of carbonyl (C=O) groups is 6. The van der Waals surface area contributed by atoms with Crippen LogP contribution >= 0.6 is 12.6 Å². The Labute approximate surface area is 202 Å². The van der Waals surface area contributed by atoms with Crippen LogP contribution in [0.5, 0.6) is 0 Å². The molecule has 0 saturated heterocycles. The maximum absolute atomic E-state index is 12.7. The summed E-state index contributed by atoms with van der Waals surface area (Å²) in [6.45, 7) is 0.331. The molecule has 4 atom stereocenters. The fourth-order valence-corrected chi connectivity index (χ4v) is 2.99. The van der Waals surface area contributed by atoms with E-state index in [-0.39, 0.29) is 31.4 Å². The van der Waals surface area contributed by atoms with E-state index in [1.807, 2.05) is 0 Å². The Balaban J connectivity index is 5.26. The highest BCUT2D eigenvalue weighted by molar-refractivity contribution is 7.80. The van der Waals surface area contributed by atoms with E-state index in [2.05, 4.69) is 28.6 Å². The van der Waals surface area contributed by atoms with E-state index in [0.29, 0.717) is 19.4 Å². The molecule has 0 fully saturated rings. The average molecular weight is 507 g/mol. The van der Waals surface area contributed by atoms with Crippen molar-refractivity contribution in [2.24, 2.45) is 17.2 Å². The van der Waals surface area contributed by atoms with Gasteiger partial charge in [-0.1, -0.05) is 0 Å². The molecule has 0 bridgehead atoms. The van der Waals surface area contributed by atoms with Gasteiger partial charge in [-0.25, -0.2) is 4.79 Å². The predicted octanol–water partition coefficient (Wildman–Crippen LogP) is -2.96. The second-order valence-electron chi connectivity index (χ2n) is 7.53. The van der Waals surface area contributed by atoms with E-state index in [1.165, 1.54) is 0 Å². The number of aliphatic carboxylic acids is 2. The van der Waals surface area contributed by atoms with Crippen LogP contribution in [0.1, 0.15) is 44.9 Å². The maximum Gasteiger partial charge on any atom is 0.326 e. The summed E-state index contributed by atoms with van der Waals surface area (Å²) in [5.41, 5.74) is 16.2. The van der Waals surface area contributed by atoms with Crippen molar-refractivity contribution in [2.75, 3.05) is 12.3 Å². The second-order valence-corrected chi connectivity index (χ2v) is 7.90. The lowest BCUT2D eigenvalue weighted by molar-refractivity contribution is -0.143. The second kappa shape index (κ2) is 16.7.